The maximum absolute atomic E-state index is 13.6. The number of amides is 1. The van der Waals surface area contributed by atoms with Gasteiger partial charge >= 0.3 is 0 Å². The van der Waals surface area contributed by atoms with Crippen molar-refractivity contribution in [1.82, 2.24) is 14.9 Å². The summed E-state index contributed by atoms with van der Waals surface area (Å²) in [5.41, 5.74) is 1.72. The summed E-state index contributed by atoms with van der Waals surface area (Å²) in [4.78, 5) is 23.6. The molecule has 2 aromatic carbocycles. The second-order valence-corrected chi connectivity index (χ2v) is 9.66. The predicted molar refractivity (Wildman–Crippen MR) is 144 cm³/mol. The number of rotatable bonds is 12. The first kappa shape index (κ1) is 26.8. The van der Waals surface area contributed by atoms with Crippen LogP contribution in [0.1, 0.15) is 19.8 Å². The van der Waals surface area contributed by atoms with Crippen LogP contribution < -0.4 is 15.4 Å². The highest BCUT2D eigenvalue weighted by molar-refractivity contribution is 6.31. The average molecular weight is 528 g/mol. The Labute approximate surface area is 220 Å². The van der Waals surface area contributed by atoms with Crippen molar-refractivity contribution in [3.8, 4) is 5.75 Å². The van der Waals surface area contributed by atoms with Gasteiger partial charge in [-0.2, -0.15) is 0 Å². The molecule has 1 aromatic heterocycles. The van der Waals surface area contributed by atoms with Crippen LogP contribution >= 0.6 is 11.6 Å². The van der Waals surface area contributed by atoms with E-state index in [2.05, 4.69) is 25.5 Å². The van der Waals surface area contributed by atoms with Crippen molar-refractivity contribution in [3.05, 3.63) is 59.7 Å². The van der Waals surface area contributed by atoms with Gasteiger partial charge in [0.05, 0.1) is 28.9 Å². The zero-order valence-corrected chi connectivity index (χ0v) is 21.9. The summed E-state index contributed by atoms with van der Waals surface area (Å²) >= 11 is 5.93. The van der Waals surface area contributed by atoms with Gasteiger partial charge in [0.25, 0.3) is 0 Å². The van der Waals surface area contributed by atoms with E-state index in [1.54, 1.807) is 31.4 Å². The van der Waals surface area contributed by atoms with Crippen LogP contribution in [-0.2, 0) is 9.53 Å². The number of hydrogen-bond acceptors (Lipinski definition) is 7. The van der Waals surface area contributed by atoms with Crippen molar-refractivity contribution in [2.75, 3.05) is 44.5 Å². The Kier molecular flexibility index (Phi) is 8.91. The van der Waals surface area contributed by atoms with Gasteiger partial charge in [0.15, 0.2) is 0 Å². The Morgan fingerprint density at radius 1 is 1.30 bits per heavy atom. The highest BCUT2D eigenvalue weighted by atomic mass is 35.5. The van der Waals surface area contributed by atoms with E-state index in [4.69, 9.17) is 21.1 Å². The lowest BCUT2D eigenvalue weighted by Crippen LogP contribution is -2.28. The van der Waals surface area contributed by atoms with E-state index in [0.29, 0.717) is 52.9 Å². The first-order valence-electron chi connectivity index (χ1n) is 12.1. The zero-order chi connectivity index (χ0) is 26.4. The minimum atomic E-state index is -0.505. The fourth-order valence-electron chi connectivity index (χ4n) is 3.71. The molecule has 1 aliphatic carbocycles. The van der Waals surface area contributed by atoms with Crippen LogP contribution in [0, 0.1) is 11.7 Å². The first-order chi connectivity index (χ1) is 17.8. The van der Waals surface area contributed by atoms with Crippen LogP contribution in [0.4, 0.5) is 21.6 Å². The third-order valence-electron chi connectivity index (χ3n) is 6.01. The van der Waals surface area contributed by atoms with Crippen LogP contribution in [-0.4, -0.2) is 60.7 Å². The fourth-order valence-corrected chi connectivity index (χ4v) is 3.89. The number of aromatic nitrogens is 2. The number of hydrogen-bond donors (Lipinski definition) is 2. The molecule has 1 atom stereocenters. The number of fused-ring (bicyclic) bond motifs is 1. The molecule has 1 heterocycles. The Morgan fingerprint density at radius 3 is 2.84 bits per heavy atom. The molecule has 1 amide bonds. The topological polar surface area (TPSA) is 88.6 Å². The number of methoxy groups -OCH3 is 1. The molecule has 196 valence electrons. The minimum Gasteiger partial charge on any atom is -0.491 e. The zero-order valence-electron chi connectivity index (χ0n) is 21.1. The quantitative estimate of drug-likeness (QED) is 0.304. The van der Waals surface area contributed by atoms with Gasteiger partial charge in [-0.15, -0.1) is 0 Å². The molecule has 10 heteroatoms. The Bertz CT molecular complexity index is 1280. The number of likely N-dealkylation sites (N-methyl/N-ethyl adjacent to an activating group) is 1. The maximum Gasteiger partial charge on any atom is 0.248 e. The minimum absolute atomic E-state index is 0.00110. The van der Waals surface area contributed by atoms with Crippen LogP contribution in [0.2, 0.25) is 5.02 Å². The molecule has 4 rings (SSSR count). The summed E-state index contributed by atoms with van der Waals surface area (Å²) in [7, 11) is 3.64. The van der Waals surface area contributed by atoms with Gasteiger partial charge in [0.1, 0.15) is 23.7 Å². The SMILES string of the molecule is COC(C)CN(C)C/C=C/C(=O)Nc1cc2c(Nc3ccc(F)c(Cl)c3)ncnc2cc1OCC1CC1. The lowest BCUT2D eigenvalue weighted by Gasteiger charge is -2.18. The van der Waals surface area contributed by atoms with Gasteiger partial charge in [0.2, 0.25) is 5.91 Å². The molecule has 0 spiro atoms. The van der Waals surface area contributed by atoms with Crippen molar-refractivity contribution in [2.24, 2.45) is 5.92 Å². The molecular formula is C27H31ClFN5O3. The van der Waals surface area contributed by atoms with Crippen LogP contribution in [0.25, 0.3) is 10.9 Å². The molecule has 1 saturated carbocycles. The molecule has 0 aliphatic heterocycles. The largest absolute Gasteiger partial charge is 0.491 e. The molecule has 2 N–H and O–H groups in total. The second kappa shape index (κ2) is 12.3. The van der Waals surface area contributed by atoms with Crippen molar-refractivity contribution >= 4 is 45.6 Å². The van der Waals surface area contributed by atoms with E-state index in [-0.39, 0.29) is 17.0 Å². The number of benzene rings is 2. The van der Waals surface area contributed by atoms with Gasteiger partial charge in [-0.25, -0.2) is 14.4 Å². The lowest BCUT2D eigenvalue weighted by atomic mass is 10.1. The number of anilines is 3. The summed E-state index contributed by atoms with van der Waals surface area (Å²) in [6.45, 7) is 3.93. The van der Waals surface area contributed by atoms with Crippen molar-refractivity contribution in [3.63, 3.8) is 0 Å². The lowest BCUT2D eigenvalue weighted by molar-refractivity contribution is -0.111. The van der Waals surface area contributed by atoms with Gasteiger partial charge in [0, 0.05) is 43.4 Å². The van der Waals surface area contributed by atoms with Crippen molar-refractivity contribution in [1.29, 1.82) is 0 Å². The Hall–Kier alpha value is -3.27. The number of nitrogens with zero attached hydrogens (tertiary/aromatic N) is 3. The van der Waals surface area contributed by atoms with E-state index < -0.39 is 5.82 Å². The number of halogens is 2. The van der Waals surface area contributed by atoms with E-state index in [9.17, 15) is 9.18 Å². The van der Waals surface area contributed by atoms with Gasteiger partial charge in [-0.3, -0.25) is 4.79 Å². The highest BCUT2D eigenvalue weighted by Crippen LogP contribution is 2.36. The number of carbonyl (C=O) groups is 1. The number of ether oxygens (including phenoxy) is 2. The van der Waals surface area contributed by atoms with E-state index in [0.717, 1.165) is 19.4 Å². The number of nitrogens with one attached hydrogen (secondary N) is 2. The molecule has 0 saturated heterocycles. The third kappa shape index (κ3) is 7.61. The van der Waals surface area contributed by atoms with E-state index in [1.807, 2.05) is 14.0 Å². The molecule has 0 radical (unpaired) electrons. The van der Waals surface area contributed by atoms with Gasteiger partial charge in [-0.1, -0.05) is 17.7 Å². The molecular weight excluding hydrogens is 497 g/mol. The molecule has 8 nitrogen and oxygen atoms in total. The molecule has 1 fully saturated rings. The smallest absolute Gasteiger partial charge is 0.248 e. The maximum atomic E-state index is 13.6. The predicted octanol–water partition coefficient (Wildman–Crippen LogP) is 5.42. The summed E-state index contributed by atoms with van der Waals surface area (Å²) < 4.78 is 24.9. The normalized spacial score (nSPS) is 14.3. The second-order valence-electron chi connectivity index (χ2n) is 9.26. The summed E-state index contributed by atoms with van der Waals surface area (Å²) in [6.07, 6.45) is 7.13. The molecule has 1 aliphatic rings. The molecule has 1 unspecified atom stereocenters. The fraction of sp³-hybridized carbons (Fsp3) is 0.370. The van der Waals surface area contributed by atoms with Crippen LogP contribution in [0.3, 0.4) is 0 Å². The molecule has 37 heavy (non-hydrogen) atoms. The first-order valence-corrected chi connectivity index (χ1v) is 12.5. The Morgan fingerprint density at radius 2 is 2.11 bits per heavy atom. The van der Waals surface area contributed by atoms with E-state index in [1.165, 1.54) is 24.5 Å². The summed E-state index contributed by atoms with van der Waals surface area (Å²) in [6, 6.07) is 7.91. The van der Waals surface area contributed by atoms with Gasteiger partial charge < -0.3 is 25.0 Å². The van der Waals surface area contributed by atoms with Crippen molar-refractivity contribution < 1.29 is 18.7 Å². The monoisotopic (exact) mass is 527 g/mol. The standard InChI is InChI=1S/C27H31ClFN5O3/c1-17(36-3)14-34(2)10-4-5-26(35)33-24-12-20-23(13-25(24)37-15-18-6-7-18)30-16-31-27(20)32-19-8-9-22(29)21(28)11-19/h4-5,8-9,11-13,16-18H,6-7,10,14-15H2,1-3H3,(H,33,35)(H,30,31,32)/b5-4+. The Balaban J connectivity index is 1.56. The third-order valence-corrected chi connectivity index (χ3v) is 6.30. The average Bonchev–Trinajstić information content (AvgIpc) is 3.70. The summed E-state index contributed by atoms with van der Waals surface area (Å²) in [5.74, 6) is 0.785. The molecule has 0 bridgehead atoms. The van der Waals surface area contributed by atoms with E-state index >= 15 is 0 Å². The van der Waals surface area contributed by atoms with Crippen molar-refractivity contribution in [2.45, 2.75) is 25.9 Å². The summed E-state index contributed by atoms with van der Waals surface area (Å²) in [5, 5.41) is 6.75. The van der Waals surface area contributed by atoms with Crippen LogP contribution in [0.5, 0.6) is 5.75 Å². The number of carbonyl (C=O) groups excluding carboxylic acids is 1. The van der Waals surface area contributed by atoms with Gasteiger partial charge in [-0.05, 0) is 57.0 Å². The highest BCUT2D eigenvalue weighted by Gasteiger charge is 2.23. The molecule has 3 aromatic rings. The van der Waals surface area contributed by atoms with Crippen LogP contribution in [0.15, 0.2) is 48.8 Å².